The Balaban J connectivity index is 1.68. The fourth-order valence-corrected chi connectivity index (χ4v) is 3.44. The molecule has 7 heteroatoms. The van der Waals surface area contributed by atoms with E-state index in [4.69, 9.17) is 9.47 Å². The summed E-state index contributed by atoms with van der Waals surface area (Å²) in [6, 6.07) is 16.6. The molecule has 0 amide bonds. The molecule has 0 N–H and O–H groups in total. The summed E-state index contributed by atoms with van der Waals surface area (Å²) in [4.78, 5) is 17.4. The first-order valence-corrected chi connectivity index (χ1v) is 9.98. The van der Waals surface area contributed by atoms with Gasteiger partial charge in [0, 0.05) is 11.9 Å². The third kappa shape index (κ3) is 4.21. The summed E-state index contributed by atoms with van der Waals surface area (Å²) < 4.78 is 14.6. The average Bonchev–Trinajstić information content (AvgIpc) is 3.21. The second kappa shape index (κ2) is 8.47. The molecule has 158 valence electrons. The van der Waals surface area contributed by atoms with Crippen LogP contribution in [0.25, 0.3) is 5.69 Å². The highest BCUT2D eigenvalue weighted by Gasteiger charge is 2.17. The largest absolute Gasteiger partial charge is 0.480 e. The smallest absolute Gasteiger partial charge is 0.310 e. The van der Waals surface area contributed by atoms with Gasteiger partial charge >= 0.3 is 5.56 Å². The molecule has 0 aliphatic heterocycles. The maximum absolute atomic E-state index is 13.1. The number of aryl methyl sites for hydroxylation is 2. The van der Waals surface area contributed by atoms with Crippen molar-refractivity contribution in [2.45, 2.75) is 26.8 Å². The van der Waals surface area contributed by atoms with E-state index >= 15 is 0 Å². The summed E-state index contributed by atoms with van der Waals surface area (Å²) in [5.41, 5.74) is 3.57. The number of ether oxygens (including phenoxy) is 2. The van der Waals surface area contributed by atoms with E-state index in [0.29, 0.717) is 11.6 Å². The lowest BCUT2D eigenvalue weighted by atomic mass is 10.1. The number of imidazole rings is 1. The summed E-state index contributed by atoms with van der Waals surface area (Å²) in [5, 5.41) is 4.33. The molecule has 2 aromatic heterocycles. The Hall–Kier alpha value is -3.87. The minimum absolute atomic E-state index is 0.153. The molecule has 0 saturated heterocycles. The number of hydrogen-bond acceptors (Lipinski definition) is 5. The van der Waals surface area contributed by atoms with Gasteiger partial charge in [0.25, 0.3) is 0 Å². The molecule has 2 heterocycles. The van der Waals surface area contributed by atoms with Gasteiger partial charge in [-0.1, -0.05) is 30.3 Å². The fraction of sp³-hybridized carbons (Fsp3) is 0.208. The Labute approximate surface area is 180 Å². The van der Waals surface area contributed by atoms with Crippen LogP contribution in [0.3, 0.4) is 0 Å². The SMILES string of the molecule is COc1cc(Oc2ccc(-n3cnc(C)c3)c(C)c2)c(=O)n(C(C)c2ccccc2)n1. The molecule has 0 bridgehead atoms. The van der Waals surface area contributed by atoms with Crippen molar-refractivity contribution in [2.24, 2.45) is 0 Å². The molecule has 0 radical (unpaired) electrons. The predicted molar refractivity (Wildman–Crippen MR) is 118 cm³/mol. The second-order valence-electron chi connectivity index (χ2n) is 7.36. The quantitative estimate of drug-likeness (QED) is 0.464. The lowest BCUT2D eigenvalue weighted by Gasteiger charge is -2.17. The van der Waals surface area contributed by atoms with Crippen LogP contribution in [0.1, 0.15) is 29.8 Å². The minimum atomic E-state index is -0.330. The van der Waals surface area contributed by atoms with Gasteiger partial charge in [0.15, 0.2) is 5.75 Å². The van der Waals surface area contributed by atoms with Crippen LogP contribution in [0.4, 0.5) is 0 Å². The van der Waals surface area contributed by atoms with Gasteiger partial charge in [-0.05, 0) is 50.1 Å². The van der Waals surface area contributed by atoms with Gasteiger partial charge in [0.05, 0.1) is 31.2 Å². The number of nitrogens with zero attached hydrogens (tertiary/aromatic N) is 4. The molecule has 1 unspecified atom stereocenters. The fourth-order valence-electron chi connectivity index (χ4n) is 3.44. The van der Waals surface area contributed by atoms with Crippen molar-refractivity contribution >= 4 is 0 Å². The Morgan fingerprint density at radius 1 is 1.03 bits per heavy atom. The maximum Gasteiger partial charge on any atom is 0.310 e. The zero-order valence-corrected chi connectivity index (χ0v) is 17.9. The summed E-state index contributed by atoms with van der Waals surface area (Å²) in [6.45, 7) is 5.85. The first-order valence-electron chi connectivity index (χ1n) is 9.98. The van der Waals surface area contributed by atoms with Gasteiger partial charge < -0.3 is 14.0 Å². The first-order chi connectivity index (χ1) is 15.0. The van der Waals surface area contributed by atoms with E-state index in [0.717, 1.165) is 22.5 Å². The van der Waals surface area contributed by atoms with Crippen molar-refractivity contribution in [1.29, 1.82) is 0 Å². The van der Waals surface area contributed by atoms with Crippen LogP contribution in [0, 0.1) is 13.8 Å². The van der Waals surface area contributed by atoms with Crippen molar-refractivity contribution in [3.05, 3.63) is 94.3 Å². The van der Waals surface area contributed by atoms with E-state index in [-0.39, 0.29) is 17.4 Å². The van der Waals surface area contributed by atoms with Gasteiger partial charge in [-0.25, -0.2) is 9.67 Å². The molecular formula is C24H24N4O3. The lowest BCUT2D eigenvalue weighted by molar-refractivity contribution is 0.358. The zero-order chi connectivity index (χ0) is 22.0. The van der Waals surface area contributed by atoms with Crippen molar-refractivity contribution in [2.75, 3.05) is 7.11 Å². The number of methoxy groups -OCH3 is 1. The van der Waals surface area contributed by atoms with Crippen molar-refractivity contribution in [3.63, 3.8) is 0 Å². The van der Waals surface area contributed by atoms with Crippen LogP contribution in [-0.4, -0.2) is 26.4 Å². The first kappa shape index (κ1) is 20.4. The number of benzene rings is 2. The van der Waals surface area contributed by atoms with E-state index in [1.165, 1.54) is 17.9 Å². The predicted octanol–water partition coefficient (Wildman–Crippen LogP) is 4.46. The molecule has 0 spiro atoms. The normalized spacial score (nSPS) is 11.9. The summed E-state index contributed by atoms with van der Waals surface area (Å²) in [7, 11) is 1.51. The van der Waals surface area contributed by atoms with Gasteiger partial charge in [-0.3, -0.25) is 4.79 Å². The summed E-state index contributed by atoms with van der Waals surface area (Å²) in [5.74, 6) is 1.02. The molecule has 0 aliphatic carbocycles. The zero-order valence-electron chi connectivity index (χ0n) is 17.9. The van der Waals surface area contributed by atoms with Crippen LogP contribution in [0.2, 0.25) is 0 Å². The third-order valence-electron chi connectivity index (χ3n) is 5.12. The molecule has 4 rings (SSSR count). The Morgan fingerprint density at radius 3 is 2.45 bits per heavy atom. The molecule has 7 nitrogen and oxygen atoms in total. The van der Waals surface area contributed by atoms with Crippen LogP contribution >= 0.6 is 0 Å². The Kier molecular flexibility index (Phi) is 5.58. The second-order valence-corrected chi connectivity index (χ2v) is 7.36. The van der Waals surface area contributed by atoms with Crippen molar-refractivity contribution in [1.82, 2.24) is 19.3 Å². The molecular weight excluding hydrogens is 392 g/mol. The number of aromatic nitrogens is 4. The van der Waals surface area contributed by atoms with Gasteiger partial charge in [-0.2, -0.15) is 0 Å². The minimum Gasteiger partial charge on any atom is -0.480 e. The van der Waals surface area contributed by atoms with Gasteiger partial charge in [-0.15, -0.1) is 5.10 Å². The van der Waals surface area contributed by atoms with E-state index in [1.807, 2.05) is 80.1 Å². The molecule has 0 fully saturated rings. The molecule has 4 aromatic rings. The highest BCUT2D eigenvalue weighted by Crippen LogP contribution is 2.26. The average molecular weight is 416 g/mol. The third-order valence-corrected chi connectivity index (χ3v) is 5.12. The Bertz CT molecular complexity index is 1260. The van der Waals surface area contributed by atoms with E-state index in [1.54, 1.807) is 6.33 Å². The maximum atomic E-state index is 13.1. The van der Waals surface area contributed by atoms with Crippen LogP contribution < -0.4 is 15.0 Å². The molecule has 1 atom stereocenters. The van der Waals surface area contributed by atoms with Crippen molar-refractivity contribution < 1.29 is 9.47 Å². The molecule has 0 saturated carbocycles. The summed E-state index contributed by atoms with van der Waals surface area (Å²) >= 11 is 0. The van der Waals surface area contributed by atoms with Gasteiger partial charge in [0.1, 0.15) is 5.75 Å². The van der Waals surface area contributed by atoms with Crippen LogP contribution in [0.15, 0.2) is 71.9 Å². The molecule has 2 aromatic carbocycles. The number of hydrogen-bond donors (Lipinski definition) is 0. The summed E-state index contributed by atoms with van der Waals surface area (Å²) in [6.07, 6.45) is 3.73. The molecule has 31 heavy (non-hydrogen) atoms. The lowest BCUT2D eigenvalue weighted by Crippen LogP contribution is -2.27. The standard InChI is InChI=1S/C24H24N4O3/c1-16-12-20(10-11-21(16)27-14-17(2)25-15-27)31-22-13-23(30-4)26-28(24(22)29)18(3)19-8-6-5-7-9-19/h5-15,18H,1-4H3. The van der Waals surface area contributed by atoms with Crippen LogP contribution in [-0.2, 0) is 0 Å². The Morgan fingerprint density at radius 2 is 1.81 bits per heavy atom. The van der Waals surface area contributed by atoms with Crippen LogP contribution in [0.5, 0.6) is 17.4 Å². The van der Waals surface area contributed by atoms with Crippen molar-refractivity contribution in [3.8, 4) is 23.1 Å². The van der Waals surface area contributed by atoms with E-state index in [9.17, 15) is 4.79 Å². The highest BCUT2D eigenvalue weighted by atomic mass is 16.5. The molecule has 0 aliphatic rings. The monoisotopic (exact) mass is 416 g/mol. The van der Waals surface area contributed by atoms with E-state index in [2.05, 4.69) is 10.1 Å². The topological polar surface area (TPSA) is 71.2 Å². The number of rotatable bonds is 6. The highest BCUT2D eigenvalue weighted by molar-refractivity contribution is 5.46. The van der Waals surface area contributed by atoms with E-state index < -0.39 is 0 Å². The van der Waals surface area contributed by atoms with Gasteiger partial charge in [0.2, 0.25) is 5.88 Å².